The van der Waals surface area contributed by atoms with Crippen LogP contribution in [0.15, 0.2) is 60.7 Å². The predicted octanol–water partition coefficient (Wildman–Crippen LogP) is 3.59. The van der Waals surface area contributed by atoms with Crippen molar-refractivity contribution >= 4 is 5.91 Å². The second-order valence-electron chi connectivity index (χ2n) is 8.03. The molecule has 28 heavy (non-hydrogen) atoms. The first-order valence-corrected chi connectivity index (χ1v) is 10.1. The number of nitrogens with zero attached hydrogens (tertiary/aromatic N) is 3. The van der Waals surface area contributed by atoms with Crippen LogP contribution in [0.4, 0.5) is 0 Å². The molecule has 1 aromatic heterocycles. The summed E-state index contributed by atoms with van der Waals surface area (Å²) in [6.45, 7) is 1.66. The largest absolute Gasteiger partial charge is 0.342 e. The highest BCUT2D eigenvalue weighted by atomic mass is 16.2. The van der Waals surface area contributed by atoms with Gasteiger partial charge in [0.2, 0.25) is 5.91 Å². The van der Waals surface area contributed by atoms with Gasteiger partial charge in [-0.1, -0.05) is 60.7 Å². The molecule has 3 aromatic rings. The molecule has 1 atom stereocenters. The maximum atomic E-state index is 13.2. The molecule has 0 radical (unpaired) electrons. The number of aromatic amines is 1. The maximum absolute atomic E-state index is 13.2. The summed E-state index contributed by atoms with van der Waals surface area (Å²) in [5.41, 5.74) is 1.93. The maximum Gasteiger partial charge on any atom is 0.233 e. The molecule has 1 unspecified atom stereocenters. The van der Waals surface area contributed by atoms with E-state index in [2.05, 4.69) is 32.2 Å². The lowest BCUT2D eigenvalue weighted by Gasteiger charge is -2.23. The summed E-state index contributed by atoms with van der Waals surface area (Å²) in [5.74, 6) is 2.39. The van der Waals surface area contributed by atoms with Crippen molar-refractivity contribution in [2.24, 2.45) is 5.92 Å². The van der Waals surface area contributed by atoms with E-state index in [1.165, 1.54) is 5.56 Å². The molecule has 1 amide bonds. The molecule has 2 aliphatic rings. The summed E-state index contributed by atoms with van der Waals surface area (Å²) in [4.78, 5) is 19.9. The number of hydrogen-bond acceptors (Lipinski definition) is 3. The lowest BCUT2D eigenvalue weighted by atomic mass is 9.94. The average molecular weight is 372 g/mol. The summed E-state index contributed by atoms with van der Waals surface area (Å²) in [7, 11) is 0. The molecule has 1 N–H and O–H groups in total. The fourth-order valence-electron chi connectivity index (χ4n) is 4.37. The number of aromatic nitrogens is 3. The zero-order valence-electron chi connectivity index (χ0n) is 15.8. The van der Waals surface area contributed by atoms with Gasteiger partial charge < -0.3 is 4.90 Å². The van der Waals surface area contributed by atoms with Crippen LogP contribution >= 0.6 is 0 Å². The number of benzene rings is 2. The minimum atomic E-state index is -0.261. The van der Waals surface area contributed by atoms with Crippen LogP contribution in [-0.4, -0.2) is 39.1 Å². The Balaban J connectivity index is 1.23. The van der Waals surface area contributed by atoms with Gasteiger partial charge in [0.15, 0.2) is 5.82 Å². The summed E-state index contributed by atoms with van der Waals surface area (Å²) in [6, 6.07) is 20.3. The molecule has 0 bridgehead atoms. The Morgan fingerprint density at radius 2 is 1.79 bits per heavy atom. The van der Waals surface area contributed by atoms with Crippen molar-refractivity contribution in [3.05, 3.63) is 72.1 Å². The Kier molecular flexibility index (Phi) is 4.23. The Morgan fingerprint density at radius 1 is 1.07 bits per heavy atom. The van der Waals surface area contributed by atoms with Crippen LogP contribution in [0, 0.1) is 5.92 Å². The van der Waals surface area contributed by atoms with Gasteiger partial charge in [-0.15, -0.1) is 0 Å². The Labute approximate surface area is 164 Å². The third-order valence-corrected chi connectivity index (χ3v) is 6.10. The fraction of sp³-hybridized carbons (Fsp3) is 0.348. The molecule has 2 heterocycles. The van der Waals surface area contributed by atoms with Crippen LogP contribution in [0.3, 0.4) is 0 Å². The van der Waals surface area contributed by atoms with Gasteiger partial charge in [0.05, 0.1) is 5.41 Å². The molecule has 142 valence electrons. The van der Waals surface area contributed by atoms with E-state index in [4.69, 9.17) is 0 Å². The van der Waals surface area contributed by atoms with Gasteiger partial charge in [-0.3, -0.25) is 9.89 Å². The van der Waals surface area contributed by atoms with Crippen LogP contribution in [0.25, 0.3) is 11.4 Å². The standard InChI is InChI=1S/C23H24N4O/c28-22(23(12-13-23)19-9-5-2-6-10-19)27-14-11-17(16-27)15-20-24-21(26-25-20)18-7-3-1-4-8-18/h1-10,17H,11-16H2,(H,24,25,26). The number of nitrogens with one attached hydrogen (secondary N) is 1. The average Bonchev–Trinajstić information content (AvgIpc) is 3.20. The van der Waals surface area contributed by atoms with Crippen molar-refractivity contribution in [2.45, 2.75) is 31.1 Å². The molecule has 1 aliphatic carbocycles. The number of rotatable bonds is 5. The quantitative estimate of drug-likeness (QED) is 0.744. The van der Waals surface area contributed by atoms with Gasteiger partial charge in [0, 0.05) is 25.1 Å². The first kappa shape index (κ1) is 17.2. The normalized spacial score (nSPS) is 20.3. The lowest BCUT2D eigenvalue weighted by molar-refractivity contribution is -0.133. The monoisotopic (exact) mass is 372 g/mol. The molecule has 1 saturated heterocycles. The predicted molar refractivity (Wildman–Crippen MR) is 108 cm³/mol. The van der Waals surface area contributed by atoms with Gasteiger partial charge in [-0.25, -0.2) is 4.98 Å². The van der Waals surface area contributed by atoms with E-state index in [9.17, 15) is 4.79 Å². The Morgan fingerprint density at radius 3 is 2.50 bits per heavy atom. The third-order valence-electron chi connectivity index (χ3n) is 6.10. The van der Waals surface area contributed by atoms with Crippen LogP contribution in [0.5, 0.6) is 0 Å². The van der Waals surface area contributed by atoms with E-state index in [-0.39, 0.29) is 5.41 Å². The number of H-pyrrole nitrogens is 1. The van der Waals surface area contributed by atoms with E-state index in [0.29, 0.717) is 11.8 Å². The van der Waals surface area contributed by atoms with E-state index in [1.807, 2.05) is 48.5 Å². The Bertz CT molecular complexity index is 963. The molecule has 1 saturated carbocycles. The van der Waals surface area contributed by atoms with Crippen molar-refractivity contribution < 1.29 is 4.79 Å². The van der Waals surface area contributed by atoms with Crippen molar-refractivity contribution in [3.63, 3.8) is 0 Å². The van der Waals surface area contributed by atoms with E-state index < -0.39 is 0 Å². The molecule has 2 fully saturated rings. The summed E-state index contributed by atoms with van der Waals surface area (Å²) in [6.07, 6.45) is 3.80. The summed E-state index contributed by atoms with van der Waals surface area (Å²) in [5, 5.41) is 7.43. The van der Waals surface area contributed by atoms with Gasteiger partial charge >= 0.3 is 0 Å². The number of hydrogen-bond donors (Lipinski definition) is 1. The molecular weight excluding hydrogens is 348 g/mol. The topological polar surface area (TPSA) is 61.9 Å². The zero-order chi connectivity index (χ0) is 19.0. The first-order chi connectivity index (χ1) is 13.7. The molecule has 2 aromatic carbocycles. The molecular formula is C23H24N4O. The minimum absolute atomic E-state index is 0.261. The van der Waals surface area contributed by atoms with E-state index in [0.717, 1.165) is 56.0 Å². The summed E-state index contributed by atoms with van der Waals surface area (Å²) < 4.78 is 0. The van der Waals surface area contributed by atoms with Gasteiger partial charge in [-0.2, -0.15) is 5.10 Å². The molecule has 5 nitrogen and oxygen atoms in total. The van der Waals surface area contributed by atoms with Gasteiger partial charge in [0.1, 0.15) is 5.82 Å². The van der Waals surface area contributed by atoms with Crippen LogP contribution < -0.4 is 0 Å². The fourth-order valence-corrected chi connectivity index (χ4v) is 4.37. The van der Waals surface area contributed by atoms with Crippen LogP contribution in [0.1, 0.15) is 30.7 Å². The van der Waals surface area contributed by atoms with E-state index >= 15 is 0 Å². The Hall–Kier alpha value is -2.95. The number of carbonyl (C=O) groups excluding carboxylic acids is 1. The smallest absolute Gasteiger partial charge is 0.233 e. The highest BCUT2D eigenvalue weighted by Crippen LogP contribution is 2.50. The number of carbonyl (C=O) groups is 1. The number of likely N-dealkylation sites (tertiary alicyclic amines) is 1. The summed E-state index contributed by atoms with van der Waals surface area (Å²) >= 11 is 0. The first-order valence-electron chi connectivity index (χ1n) is 10.1. The van der Waals surface area contributed by atoms with Crippen molar-refractivity contribution in [3.8, 4) is 11.4 Å². The zero-order valence-corrected chi connectivity index (χ0v) is 15.8. The van der Waals surface area contributed by atoms with Crippen LogP contribution in [0.2, 0.25) is 0 Å². The van der Waals surface area contributed by atoms with Crippen molar-refractivity contribution in [1.29, 1.82) is 0 Å². The second-order valence-corrected chi connectivity index (χ2v) is 8.03. The molecule has 5 rings (SSSR count). The second kappa shape index (κ2) is 6.89. The van der Waals surface area contributed by atoms with Crippen LogP contribution in [-0.2, 0) is 16.6 Å². The highest BCUT2D eigenvalue weighted by molar-refractivity contribution is 5.91. The minimum Gasteiger partial charge on any atom is -0.342 e. The van der Waals surface area contributed by atoms with Gasteiger partial charge in [0.25, 0.3) is 0 Å². The van der Waals surface area contributed by atoms with Crippen molar-refractivity contribution in [2.75, 3.05) is 13.1 Å². The SMILES string of the molecule is O=C(N1CCC(Cc2nc(-c3ccccc3)n[nH]2)C1)C1(c2ccccc2)CC1. The highest BCUT2D eigenvalue weighted by Gasteiger charge is 2.53. The number of amides is 1. The lowest BCUT2D eigenvalue weighted by Crippen LogP contribution is -2.38. The van der Waals surface area contributed by atoms with Gasteiger partial charge in [-0.05, 0) is 30.7 Å². The third kappa shape index (κ3) is 3.11. The molecule has 0 spiro atoms. The van der Waals surface area contributed by atoms with E-state index in [1.54, 1.807) is 0 Å². The van der Waals surface area contributed by atoms with Crippen molar-refractivity contribution in [1.82, 2.24) is 20.1 Å². The molecule has 1 aliphatic heterocycles. The molecule has 5 heteroatoms.